The van der Waals surface area contributed by atoms with Gasteiger partial charge in [0.1, 0.15) is 18.1 Å². The predicted octanol–water partition coefficient (Wildman–Crippen LogP) is 5.51. The summed E-state index contributed by atoms with van der Waals surface area (Å²) in [4.78, 5) is 4.69. The lowest BCUT2D eigenvalue weighted by molar-refractivity contribution is 0.301. The first-order valence-corrected chi connectivity index (χ1v) is 12.3. The van der Waals surface area contributed by atoms with E-state index in [-0.39, 0.29) is 0 Å². The van der Waals surface area contributed by atoms with Crippen LogP contribution in [0.4, 0.5) is 0 Å². The van der Waals surface area contributed by atoms with E-state index in [0.29, 0.717) is 19.0 Å². The minimum absolute atomic E-state index is 0.458. The summed E-state index contributed by atoms with van der Waals surface area (Å²) >= 11 is 0. The zero-order chi connectivity index (χ0) is 24.4. The number of nitrogens with one attached hydrogen (secondary N) is 1. The first kappa shape index (κ1) is 23.5. The second-order valence-electron chi connectivity index (χ2n) is 8.71. The number of pyridine rings is 1. The second kappa shape index (κ2) is 11.9. The summed E-state index contributed by atoms with van der Waals surface area (Å²) in [5, 5.41) is 15.1. The van der Waals surface area contributed by atoms with E-state index in [4.69, 9.17) is 14.5 Å². The first-order valence-electron chi connectivity index (χ1n) is 12.3. The van der Waals surface area contributed by atoms with Gasteiger partial charge in [0.05, 0.1) is 17.8 Å². The average Bonchev–Trinajstić information content (AvgIpc) is 3.45. The Labute approximate surface area is 210 Å². The lowest BCUT2D eigenvalue weighted by atomic mass is 10.0. The lowest BCUT2D eigenvalue weighted by Gasteiger charge is -2.09. The van der Waals surface area contributed by atoms with Crippen LogP contribution in [0.15, 0.2) is 84.9 Å². The van der Waals surface area contributed by atoms with Gasteiger partial charge in [-0.05, 0) is 73.2 Å². The third kappa shape index (κ3) is 6.66. The van der Waals surface area contributed by atoms with Gasteiger partial charge in [0.2, 0.25) is 0 Å². The molecule has 2 heterocycles. The molecular formula is C29H29N5O2. The molecule has 7 nitrogen and oxygen atoms in total. The molecule has 0 atom stereocenters. The lowest BCUT2D eigenvalue weighted by Crippen LogP contribution is -2.00. The molecule has 0 spiro atoms. The smallest absolute Gasteiger partial charge is 0.174 e. The fraction of sp³-hybridized carbons (Fsp3) is 0.241. The van der Waals surface area contributed by atoms with Gasteiger partial charge in [0, 0.05) is 11.8 Å². The Balaban J connectivity index is 1.04. The molecule has 0 aliphatic heterocycles. The summed E-state index contributed by atoms with van der Waals surface area (Å²) in [6, 6.07) is 29.0. The molecule has 0 saturated heterocycles. The number of aromatic nitrogens is 5. The van der Waals surface area contributed by atoms with E-state index in [1.165, 1.54) is 11.1 Å². The van der Waals surface area contributed by atoms with E-state index in [0.717, 1.165) is 60.2 Å². The van der Waals surface area contributed by atoms with Crippen LogP contribution in [0, 0.1) is 0 Å². The van der Waals surface area contributed by atoms with Gasteiger partial charge in [0.25, 0.3) is 0 Å². The number of aryl methyl sites for hydroxylation is 3. The van der Waals surface area contributed by atoms with Crippen LogP contribution in [0.2, 0.25) is 0 Å². The van der Waals surface area contributed by atoms with Gasteiger partial charge in [-0.15, -0.1) is 10.2 Å². The van der Waals surface area contributed by atoms with Gasteiger partial charge in [-0.2, -0.15) is 5.21 Å². The molecule has 0 amide bonds. The minimum atomic E-state index is 0.458. The summed E-state index contributed by atoms with van der Waals surface area (Å²) in [6.45, 7) is 1.09. The Hall–Kier alpha value is -4.26. The van der Waals surface area contributed by atoms with Gasteiger partial charge in [0.15, 0.2) is 5.82 Å². The predicted molar refractivity (Wildman–Crippen MR) is 139 cm³/mol. The highest BCUT2D eigenvalue weighted by molar-refractivity contribution is 5.78. The summed E-state index contributed by atoms with van der Waals surface area (Å²) < 4.78 is 11.9. The molecule has 0 radical (unpaired) electrons. The van der Waals surface area contributed by atoms with Crippen LogP contribution in [0.25, 0.3) is 10.9 Å². The van der Waals surface area contributed by atoms with E-state index in [1.54, 1.807) is 0 Å². The number of tetrazole rings is 1. The van der Waals surface area contributed by atoms with Crippen molar-refractivity contribution in [2.75, 3.05) is 6.61 Å². The number of nitrogens with zero attached hydrogens (tertiary/aromatic N) is 4. The molecule has 7 heteroatoms. The third-order valence-electron chi connectivity index (χ3n) is 6.00. The zero-order valence-corrected chi connectivity index (χ0v) is 20.1. The molecule has 0 fully saturated rings. The van der Waals surface area contributed by atoms with Crippen LogP contribution in [0.1, 0.15) is 35.5 Å². The molecule has 1 N–H and O–H groups in total. The van der Waals surface area contributed by atoms with Crippen LogP contribution in [-0.4, -0.2) is 32.2 Å². The van der Waals surface area contributed by atoms with Crippen LogP contribution in [0.5, 0.6) is 11.5 Å². The molecule has 0 aliphatic carbocycles. The van der Waals surface area contributed by atoms with Crippen molar-refractivity contribution in [1.29, 1.82) is 0 Å². The third-order valence-corrected chi connectivity index (χ3v) is 6.00. The topological polar surface area (TPSA) is 85.8 Å². The van der Waals surface area contributed by atoms with Crippen molar-refractivity contribution in [2.24, 2.45) is 0 Å². The van der Waals surface area contributed by atoms with Crippen molar-refractivity contribution in [3.05, 3.63) is 108 Å². The first-order chi connectivity index (χ1) is 17.8. The molecule has 0 unspecified atom stereocenters. The molecular weight excluding hydrogens is 450 g/mol. The van der Waals surface area contributed by atoms with Crippen molar-refractivity contribution in [3.8, 4) is 11.5 Å². The maximum atomic E-state index is 6.03. The molecule has 2 aromatic heterocycles. The van der Waals surface area contributed by atoms with E-state index in [2.05, 4.69) is 63.1 Å². The fourth-order valence-electron chi connectivity index (χ4n) is 4.09. The Morgan fingerprint density at radius 1 is 0.694 bits per heavy atom. The molecule has 0 saturated carbocycles. The van der Waals surface area contributed by atoms with E-state index < -0.39 is 0 Å². The van der Waals surface area contributed by atoms with Crippen molar-refractivity contribution in [3.63, 3.8) is 0 Å². The van der Waals surface area contributed by atoms with Crippen molar-refractivity contribution in [2.45, 2.75) is 38.7 Å². The van der Waals surface area contributed by atoms with Crippen LogP contribution in [0.3, 0.4) is 0 Å². The monoisotopic (exact) mass is 479 g/mol. The molecule has 0 bridgehead atoms. The number of aromatic amines is 1. The minimum Gasteiger partial charge on any atom is -0.494 e. The Morgan fingerprint density at radius 2 is 1.58 bits per heavy atom. The molecule has 182 valence electrons. The second-order valence-corrected chi connectivity index (χ2v) is 8.71. The van der Waals surface area contributed by atoms with Gasteiger partial charge in [-0.25, -0.2) is 4.98 Å². The van der Waals surface area contributed by atoms with Gasteiger partial charge in [-0.3, -0.25) is 0 Å². The largest absolute Gasteiger partial charge is 0.494 e. The summed E-state index contributed by atoms with van der Waals surface area (Å²) in [5.74, 6) is 2.48. The number of rotatable bonds is 12. The van der Waals surface area contributed by atoms with E-state index >= 15 is 0 Å². The number of benzene rings is 3. The normalized spacial score (nSPS) is 11.0. The average molecular weight is 480 g/mol. The number of fused-ring (bicyclic) bond motifs is 1. The van der Waals surface area contributed by atoms with Gasteiger partial charge in [-0.1, -0.05) is 53.7 Å². The molecule has 36 heavy (non-hydrogen) atoms. The Bertz CT molecular complexity index is 1370. The molecule has 5 aromatic rings. The maximum Gasteiger partial charge on any atom is 0.174 e. The van der Waals surface area contributed by atoms with Crippen LogP contribution >= 0.6 is 0 Å². The van der Waals surface area contributed by atoms with Gasteiger partial charge < -0.3 is 9.47 Å². The highest BCUT2D eigenvalue weighted by Crippen LogP contribution is 2.19. The SMILES string of the molecule is c1cc(CCCc2ccc(OCCCc3nn[nH]n3)cc2)cc(OCc2ccc3ccccc3n2)c1. The zero-order valence-electron chi connectivity index (χ0n) is 20.1. The molecule has 0 aliphatic rings. The van der Waals surface area contributed by atoms with E-state index in [9.17, 15) is 0 Å². The number of ether oxygens (including phenoxy) is 2. The van der Waals surface area contributed by atoms with Gasteiger partial charge >= 0.3 is 0 Å². The van der Waals surface area contributed by atoms with Crippen LogP contribution < -0.4 is 9.47 Å². The summed E-state index contributed by atoms with van der Waals surface area (Å²) in [5.41, 5.74) is 4.51. The number of hydrogen-bond donors (Lipinski definition) is 1. The standard InChI is InChI=1S/C29H29N5O2/c1-2-11-28-24(9-1)15-16-25(30-28)21-36-27-10-4-8-23(20-27)7-3-6-22-13-17-26(18-14-22)35-19-5-12-29-31-33-34-32-29/h1-2,4,8-11,13-18,20H,3,5-7,12,19,21H2,(H,31,32,33,34). The Kier molecular flexibility index (Phi) is 7.78. The summed E-state index contributed by atoms with van der Waals surface area (Å²) in [7, 11) is 0. The quantitative estimate of drug-likeness (QED) is 0.237. The fourth-order valence-corrected chi connectivity index (χ4v) is 4.09. The summed E-state index contributed by atoms with van der Waals surface area (Å²) in [6.07, 6.45) is 4.69. The highest BCUT2D eigenvalue weighted by atomic mass is 16.5. The van der Waals surface area contributed by atoms with E-state index in [1.807, 2.05) is 42.5 Å². The number of hydrogen-bond acceptors (Lipinski definition) is 6. The van der Waals surface area contributed by atoms with Crippen molar-refractivity contribution < 1.29 is 9.47 Å². The number of para-hydroxylation sites is 1. The molecule has 3 aromatic carbocycles. The maximum absolute atomic E-state index is 6.03. The number of H-pyrrole nitrogens is 1. The Morgan fingerprint density at radius 3 is 2.47 bits per heavy atom. The molecule has 5 rings (SSSR count). The highest BCUT2D eigenvalue weighted by Gasteiger charge is 2.03. The van der Waals surface area contributed by atoms with Crippen LogP contribution in [-0.2, 0) is 25.9 Å². The van der Waals surface area contributed by atoms with Crippen molar-refractivity contribution in [1.82, 2.24) is 25.6 Å². The van der Waals surface area contributed by atoms with Crippen molar-refractivity contribution >= 4 is 10.9 Å².